The van der Waals surface area contributed by atoms with E-state index in [9.17, 15) is 5.11 Å². The van der Waals surface area contributed by atoms with Gasteiger partial charge in [-0.15, -0.1) is 0 Å². The van der Waals surface area contributed by atoms with Crippen LogP contribution in [0.25, 0.3) is 11.1 Å². The summed E-state index contributed by atoms with van der Waals surface area (Å²) in [5.41, 5.74) is 7.67. The van der Waals surface area contributed by atoms with E-state index in [0.717, 1.165) is 48.5 Å². The van der Waals surface area contributed by atoms with Crippen LogP contribution in [0.1, 0.15) is 26.2 Å². The molecule has 0 amide bonds. The fraction of sp³-hybridized carbons (Fsp3) is 0.438. The van der Waals surface area contributed by atoms with Gasteiger partial charge in [-0.25, -0.2) is 0 Å². The molecule has 0 bridgehead atoms. The number of hydrogen-bond donors (Lipinski definition) is 2. The highest BCUT2D eigenvalue weighted by atomic mass is 32.1. The molecule has 1 aromatic heterocycles. The van der Waals surface area contributed by atoms with E-state index in [-0.39, 0.29) is 0 Å². The first-order chi connectivity index (χ1) is 10.1. The maximum Gasteiger partial charge on any atom is 0.147 e. The number of rotatable bonds is 2. The maximum atomic E-state index is 10.2. The third-order valence-electron chi connectivity index (χ3n) is 4.11. The number of aliphatic hydroxyl groups is 1. The fourth-order valence-electron chi connectivity index (χ4n) is 2.85. The molecular weight excluding hydrogens is 282 g/mol. The summed E-state index contributed by atoms with van der Waals surface area (Å²) in [6.45, 7) is 3.71. The summed E-state index contributed by atoms with van der Waals surface area (Å²) in [6.07, 6.45) is 2.61. The molecule has 4 nitrogen and oxygen atoms in total. The second-order valence-electron chi connectivity index (χ2n) is 5.95. The summed E-state index contributed by atoms with van der Waals surface area (Å²) in [7, 11) is 0. The summed E-state index contributed by atoms with van der Waals surface area (Å²) in [5, 5.41) is 11.4. The third kappa shape index (κ3) is 3.04. The molecule has 2 aromatic rings. The predicted octanol–water partition coefficient (Wildman–Crippen LogP) is 3.13. The number of nitrogens with two attached hydrogens (primary N) is 1. The Kier molecular flexibility index (Phi) is 3.87. The molecule has 2 heterocycles. The normalized spacial score (nSPS) is 23.0. The van der Waals surface area contributed by atoms with E-state index in [0.29, 0.717) is 5.82 Å². The molecule has 3 N–H and O–H groups in total. The van der Waals surface area contributed by atoms with Crippen molar-refractivity contribution >= 4 is 22.4 Å². The molecule has 1 saturated heterocycles. The standard InChI is InChI=1S/C16H21N3OS/c1-16(20)8-5-10-19(11-9-16)15-13(14(17)18-21-15)12-6-3-2-4-7-12/h2-4,6-7,20H,5,8-11H2,1H3,(H2,17,18). The molecule has 1 aliphatic heterocycles. The van der Waals surface area contributed by atoms with Crippen LogP contribution in [0.2, 0.25) is 0 Å². The molecule has 112 valence electrons. The SMILES string of the molecule is CC1(O)CCCN(c2snc(N)c2-c2ccccc2)CC1. The minimum absolute atomic E-state index is 0.558. The van der Waals surface area contributed by atoms with Gasteiger partial charge in [-0.1, -0.05) is 30.3 Å². The van der Waals surface area contributed by atoms with Gasteiger partial charge in [-0.2, -0.15) is 4.37 Å². The minimum atomic E-state index is -0.558. The van der Waals surface area contributed by atoms with E-state index in [1.165, 1.54) is 11.5 Å². The van der Waals surface area contributed by atoms with E-state index in [2.05, 4.69) is 21.4 Å². The fourth-order valence-corrected chi connectivity index (χ4v) is 3.74. The van der Waals surface area contributed by atoms with Crippen molar-refractivity contribution in [3.05, 3.63) is 30.3 Å². The number of anilines is 2. The Hall–Kier alpha value is -1.59. The van der Waals surface area contributed by atoms with Gasteiger partial charge in [0.1, 0.15) is 10.8 Å². The van der Waals surface area contributed by atoms with Crippen LogP contribution in [-0.4, -0.2) is 28.2 Å². The van der Waals surface area contributed by atoms with Crippen LogP contribution in [0.4, 0.5) is 10.8 Å². The molecular formula is C16H21N3OS. The Morgan fingerprint density at radius 2 is 2.00 bits per heavy atom. The summed E-state index contributed by atoms with van der Waals surface area (Å²) >= 11 is 1.46. The highest BCUT2D eigenvalue weighted by molar-refractivity contribution is 7.11. The first kappa shape index (κ1) is 14.4. The van der Waals surface area contributed by atoms with Gasteiger partial charge in [0.15, 0.2) is 0 Å². The highest BCUT2D eigenvalue weighted by Crippen LogP contribution is 2.40. The van der Waals surface area contributed by atoms with Crippen LogP contribution in [0.15, 0.2) is 30.3 Å². The van der Waals surface area contributed by atoms with Gasteiger partial charge < -0.3 is 15.7 Å². The van der Waals surface area contributed by atoms with Crippen molar-refractivity contribution in [1.29, 1.82) is 0 Å². The Balaban J connectivity index is 1.93. The minimum Gasteiger partial charge on any atom is -0.390 e. The van der Waals surface area contributed by atoms with Crippen molar-refractivity contribution in [2.45, 2.75) is 31.8 Å². The van der Waals surface area contributed by atoms with Gasteiger partial charge in [0.2, 0.25) is 0 Å². The topological polar surface area (TPSA) is 62.4 Å². The average Bonchev–Trinajstić information content (AvgIpc) is 2.75. The molecule has 0 radical (unpaired) electrons. The van der Waals surface area contributed by atoms with Crippen molar-refractivity contribution in [2.75, 3.05) is 23.7 Å². The molecule has 5 heteroatoms. The third-order valence-corrected chi connectivity index (χ3v) is 5.04. The first-order valence-electron chi connectivity index (χ1n) is 7.35. The highest BCUT2D eigenvalue weighted by Gasteiger charge is 2.27. The summed E-state index contributed by atoms with van der Waals surface area (Å²) in [6, 6.07) is 10.2. The van der Waals surface area contributed by atoms with Gasteiger partial charge in [0, 0.05) is 13.1 Å². The second-order valence-corrected chi connectivity index (χ2v) is 6.70. The van der Waals surface area contributed by atoms with Crippen molar-refractivity contribution in [2.24, 2.45) is 0 Å². The first-order valence-corrected chi connectivity index (χ1v) is 8.12. The maximum absolute atomic E-state index is 10.2. The molecule has 1 aromatic carbocycles. The molecule has 0 saturated carbocycles. The Morgan fingerprint density at radius 1 is 1.24 bits per heavy atom. The largest absolute Gasteiger partial charge is 0.390 e. The molecule has 21 heavy (non-hydrogen) atoms. The zero-order valence-corrected chi connectivity index (χ0v) is 13.1. The Bertz CT molecular complexity index is 609. The lowest BCUT2D eigenvalue weighted by molar-refractivity contribution is 0.0481. The number of nitrogen functional groups attached to an aromatic ring is 1. The molecule has 1 unspecified atom stereocenters. The van der Waals surface area contributed by atoms with Crippen LogP contribution >= 0.6 is 11.5 Å². The van der Waals surface area contributed by atoms with E-state index in [4.69, 9.17) is 5.73 Å². The molecule has 3 rings (SSSR count). The monoisotopic (exact) mass is 303 g/mol. The van der Waals surface area contributed by atoms with Gasteiger partial charge in [0.25, 0.3) is 0 Å². The van der Waals surface area contributed by atoms with Gasteiger partial charge >= 0.3 is 0 Å². The van der Waals surface area contributed by atoms with Crippen molar-refractivity contribution < 1.29 is 5.11 Å². The van der Waals surface area contributed by atoms with Crippen molar-refractivity contribution in [3.63, 3.8) is 0 Å². The van der Waals surface area contributed by atoms with E-state index in [1.807, 2.05) is 25.1 Å². The number of nitrogens with zero attached hydrogens (tertiary/aromatic N) is 2. The lowest BCUT2D eigenvalue weighted by atomic mass is 9.98. The molecule has 0 aliphatic carbocycles. The quantitative estimate of drug-likeness (QED) is 0.894. The van der Waals surface area contributed by atoms with Gasteiger partial charge in [0.05, 0.1) is 11.2 Å². The van der Waals surface area contributed by atoms with Crippen LogP contribution in [0.5, 0.6) is 0 Å². The van der Waals surface area contributed by atoms with Gasteiger partial charge in [-0.05, 0) is 43.3 Å². The summed E-state index contributed by atoms with van der Waals surface area (Å²) in [5.74, 6) is 0.595. The molecule has 0 spiro atoms. The Labute approximate surface area is 129 Å². The lowest BCUT2D eigenvalue weighted by Crippen LogP contribution is -2.28. The smallest absolute Gasteiger partial charge is 0.147 e. The van der Waals surface area contributed by atoms with Crippen molar-refractivity contribution in [1.82, 2.24) is 4.37 Å². The van der Waals surface area contributed by atoms with Crippen molar-refractivity contribution in [3.8, 4) is 11.1 Å². The van der Waals surface area contributed by atoms with Crippen LogP contribution in [0, 0.1) is 0 Å². The predicted molar refractivity (Wildman–Crippen MR) is 88.7 cm³/mol. The average molecular weight is 303 g/mol. The van der Waals surface area contributed by atoms with Crippen LogP contribution < -0.4 is 10.6 Å². The Morgan fingerprint density at radius 3 is 2.76 bits per heavy atom. The summed E-state index contributed by atoms with van der Waals surface area (Å²) in [4.78, 5) is 2.32. The molecule has 1 fully saturated rings. The van der Waals surface area contributed by atoms with E-state index < -0.39 is 5.60 Å². The van der Waals surface area contributed by atoms with Crippen LogP contribution in [0.3, 0.4) is 0 Å². The van der Waals surface area contributed by atoms with E-state index in [1.54, 1.807) is 0 Å². The summed E-state index contributed by atoms with van der Waals surface area (Å²) < 4.78 is 4.35. The number of hydrogen-bond acceptors (Lipinski definition) is 5. The molecule has 1 atom stereocenters. The lowest BCUT2D eigenvalue weighted by Gasteiger charge is -2.23. The zero-order valence-electron chi connectivity index (χ0n) is 12.2. The number of benzene rings is 1. The van der Waals surface area contributed by atoms with Gasteiger partial charge in [-0.3, -0.25) is 0 Å². The molecule has 1 aliphatic rings. The number of aromatic nitrogens is 1. The van der Waals surface area contributed by atoms with Crippen LogP contribution in [-0.2, 0) is 0 Å². The second kappa shape index (κ2) is 5.66. The zero-order chi connectivity index (χ0) is 14.9. The van der Waals surface area contributed by atoms with E-state index >= 15 is 0 Å².